The van der Waals surface area contributed by atoms with Crippen molar-refractivity contribution in [2.45, 2.75) is 58.3 Å². The number of hydrogen-bond acceptors (Lipinski definition) is 4. The summed E-state index contributed by atoms with van der Waals surface area (Å²) in [5.74, 6) is 1.18. The van der Waals surface area contributed by atoms with Gasteiger partial charge in [0.2, 0.25) is 0 Å². The first-order chi connectivity index (χ1) is 9.24. The van der Waals surface area contributed by atoms with Crippen molar-refractivity contribution >= 4 is 17.3 Å². The molecule has 3 nitrogen and oxygen atoms in total. The molecule has 0 atom stereocenters. The summed E-state index contributed by atoms with van der Waals surface area (Å²) in [6.45, 7) is 4.49. The fourth-order valence-electron chi connectivity index (χ4n) is 2.88. The highest BCUT2D eigenvalue weighted by Gasteiger charge is 2.24. The molecule has 0 aliphatic heterocycles. The van der Waals surface area contributed by atoms with Crippen molar-refractivity contribution in [1.82, 2.24) is 4.98 Å². The zero-order valence-corrected chi connectivity index (χ0v) is 12.7. The van der Waals surface area contributed by atoms with E-state index in [9.17, 15) is 4.79 Å². The molecule has 19 heavy (non-hydrogen) atoms. The first-order valence-corrected chi connectivity index (χ1v) is 8.25. The minimum Gasteiger partial charge on any atom is -0.461 e. The van der Waals surface area contributed by atoms with E-state index in [-0.39, 0.29) is 5.97 Å². The molecule has 0 N–H and O–H groups in total. The lowest BCUT2D eigenvalue weighted by molar-refractivity contribution is 0.0520. The average molecular weight is 281 g/mol. The Hall–Kier alpha value is -0.900. The third-order valence-electron chi connectivity index (χ3n) is 3.90. The van der Waals surface area contributed by atoms with Gasteiger partial charge in [-0.2, -0.15) is 0 Å². The molecule has 0 aromatic carbocycles. The maximum Gasteiger partial charge on any atom is 0.357 e. The van der Waals surface area contributed by atoms with Gasteiger partial charge in [0, 0.05) is 11.3 Å². The number of rotatable bonds is 5. The van der Waals surface area contributed by atoms with E-state index in [1.54, 1.807) is 11.3 Å². The van der Waals surface area contributed by atoms with Crippen molar-refractivity contribution in [1.29, 1.82) is 0 Å². The van der Waals surface area contributed by atoms with Crippen LogP contribution in [0.1, 0.15) is 73.8 Å². The average Bonchev–Trinajstić information content (AvgIpc) is 2.90. The van der Waals surface area contributed by atoms with Crippen LogP contribution < -0.4 is 0 Å². The van der Waals surface area contributed by atoms with Crippen LogP contribution in [-0.4, -0.2) is 17.6 Å². The summed E-state index contributed by atoms with van der Waals surface area (Å²) in [6.07, 6.45) is 7.72. The summed E-state index contributed by atoms with van der Waals surface area (Å²) in [5, 5.41) is 2.96. The number of esters is 1. The van der Waals surface area contributed by atoms with Crippen molar-refractivity contribution in [2.24, 2.45) is 5.92 Å². The standard InChI is InChI=1S/C15H23NO2S/c1-3-5-11-6-8-12(9-7-11)14-16-13(10-19-14)15(17)18-4-2/h10-12H,3-9H2,1-2H3. The number of ether oxygens (including phenoxy) is 1. The SMILES string of the molecule is CCCC1CCC(c2nc(C(=O)OCC)cs2)CC1. The predicted octanol–water partition coefficient (Wildman–Crippen LogP) is 4.39. The number of carbonyl (C=O) groups is 1. The Labute approximate surface area is 119 Å². The van der Waals surface area contributed by atoms with Crippen molar-refractivity contribution in [3.05, 3.63) is 16.1 Å². The monoisotopic (exact) mass is 281 g/mol. The van der Waals surface area contributed by atoms with Gasteiger partial charge in [0.05, 0.1) is 11.6 Å². The number of thiazole rings is 1. The molecular weight excluding hydrogens is 258 g/mol. The highest BCUT2D eigenvalue weighted by molar-refractivity contribution is 7.09. The maximum absolute atomic E-state index is 11.6. The van der Waals surface area contributed by atoms with Gasteiger partial charge in [-0.25, -0.2) is 9.78 Å². The number of carbonyl (C=O) groups excluding carboxylic acids is 1. The topological polar surface area (TPSA) is 39.2 Å². The van der Waals surface area contributed by atoms with E-state index in [0.717, 1.165) is 10.9 Å². The van der Waals surface area contributed by atoms with E-state index < -0.39 is 0 Å². The van der Waals surface area contributed by atoms with E-state index >= 15 is 0 Å². The molecule has 1 aromatic heterocycles. The fraction of sp³-hybridized carbons (Fsp3) is 0.733. The van der Waals surface area contributed by atoms with Gasteiger partial charge in [0.15, 0.2) is 5.69 Å². The van der Waals surface area contributed by atoms with Crippen molar-refractivity contribution < 1.29 is 9.53 Å². The van der Waals surface area contributed by atoms with Crippen LogP contribution in [0.25, 0.3) is 0 Å². The van der Waals surface area contributed by atoms with Gasteiger partial charge in [0.1, 0.15) is 0 Å². The zero-order chi connectivity index (χ0) is 13.7. The van der Waals surface area contributed by atoms with Crippen LogP contribution in [0.5, 0.6) is 0 Å². The molecule has 0 radical (unpaired) electrons. The van der Waals surface area contributed by atoms with Crippen molar-refractivity contribution in [3.63, 3.8) is 0 Å². The minimum atomic E-state index is -0.287. The van der Waals surface area contributed by atoms with Crippen molar-refractivity contribution in [2.75, 3.05) is 6.61 Å². The molecule has 2 rings (SSSR count). The molecule has 0 saturated heterocycles. The minimum absolute atomic E-state index is 0.287. The van der Waals surface area contributed by atoms with E-state index in [2.05, 4.69) is 11.9 Å². The van der Waals surface area contributed by atoms with E-state index in [1.807, 2.05) is 12.3 Å². The first kappa shape index (κ1) is 14.5. The summed E-state index contributed by atoms with van der Waals surface area (Å²) < 4.78 is 4.98. The second kappa shape index (κ2) is 7.04. The van der Waals surface area contributed by atoms with E-state index in [4.69, 9.17) is 4.74 Å². The van der Waals surface area contributed by atoms with Gasteiger partial charge in [-0.3, -0.25) is 0 Å². The summed E-state index contributed by atoms with van der Waals surface area (Å²) in [5.41, 5.74) is 0.484. The largest absolute Gasteiger partial charge is 0.461 e. The van der Waals surface area contributed by atoms with Crippen LogP contribution >= 0.6 is 11.3 Å². The molecule has 0 bridgehead atoms. The Kier molecular flexibility index (Phi) is 5.37. The van der Waals surface area contributed by atoms with Gasteiger partial charge in [-0.15, -0.1) is 11.3 Å². The van der Waals surface area contributed by atoms with Crippen LogP contribution in [0.3, 0.4) is 0 Å². The van der Waals surface area contributed by atoms with Gasteiger partial charge in [-0.05, 0) is 38.5 Å². The highest BCUT2D eigenvalue weighted by atomic mass is 32.1. The summed E-state index contributed by atoms with van der Waals surface area (Å²) in [7, 11) is 0. The molecule has 0 unspecified atom stereocenters. The molecule has 0 spiro atoms. The Balaban J connectivity index is 1.91. The Morgan fingerprint density at radius 2 is 2.11 bits per heavy atom. The van der Waals surface area contributed by atoms with E-state index in [0.29, 0.717) is 18.2 Å². The van der Waals surface area contributed by atoms with Gasteiger partial charge >= 0.3 is 5.97 Å². The molecule has 1 aliphatic rings. The Morgan fingerprint density at radius 3 is 2.74 bits per heavy atom. The van der Waals surface area contributed by atoms with Crippen molar-refractivity contribution in [3.8, 4) is 0 Å². The van der Waals surface area contributed by atoms with Crippen LogP contribution in [0.15, 0.2) is 5.38 Å². The first-order valence-electron chi connectivity index (χ1n) is 7.37. The van der Waals surface area contributed by atoms with Crippen LogP contribution in [0.2, 0.25) is 0 Å². The van der Waals surface area contributed by atoms with Crippen LogP contribution in [0.4, 0.5) is 0 Å². The molecular formula is C15H23NO2S. The third-order valence-corrected chi connectivity index (χ3v) is 4.91. The lowest BCUT2D eigenvalue weighted by Crippen LogP contribution is -2.13. The molecule has 106 valence electrons. The van der Waals surface area contributed by atoms with Crippen LogP contribution in [-0.2, 0) is 4.74 Å². The fourth-order valence-corrected chi connectivity index (χ4v) is 3.84. The van der Waals surface area contributed by atoms with Crippen LogP contribution in [0, 0.1) is 5.92 Å². The summed E-state index contributed by atoms with van der Waals surface area (Å²) in [4.78, 5) is 16.1. The number of hydrogen-bond donors (Lipinski definition) is 0. The highest BCUT2D eigenvalue weighted by Crippen LogP contribution is 2.38. The normalized spacial score (nSPS) is 23.3. The second-order valence-electron chi connectivity index (χ2n) is 5.30. The summed E-state index contributed by atoms with van der Waals surface area (Å²) >= 11 is 1.61. The molecule has 1 heterocycles. The Bertz CT molecular complexity index is 408. The molecule has 1 aliphatic carbocycles. The molecule has 4 heteroatoms. The Morgan fingerprint density at radius 1 is 1.37 bits per heavy atom. The zero-order valence-electron chi connectivity index (χ0n) is 11.9. The second-order valence-corrected chi connectivity index (χ2v) is 6.19. The lowest BCUT2D eigenvalue weighted by atomic mass is 9.80. The summed E-state index contributed by atoms with van der Waals surface area (Å²) in [6, 6.07) is 0. The van der Waals surface area contributed by atoms with E-state index in [1.165, 1.54) is 38.5 Å². The predicted molar refractivity (Wildman–Crippen MR) is 77.7 cm³/mol. The van der Waals surface area contributed by atoms with Gasteiger partial charge in [0.25, 0.3) is 0 Å². The van der Waals surface area contributed by atoms with Gasteiger partial charge < -0.3 is 4.74 Å². The number of aromatic nitrogens is 1. The quantitative estimate of drug-likeness (QED) is 0.751. The number of nitrogens with zero attached hydrogens (tertiary/aromatic N) is 1. The maximum atomic E-state index is 11.6. The molecule has 1 fully saturated rings. The van der Waals surface area contributed by atoms with Gasteiger partial charge in [-0.1, -0.05) is 19.8 Å². The molecule has 1 saturated carbocycles. The smallest absolute Gasteiger partial charge is 0.357 e. The molecule has 1 aromatic rings. The lowest BCUT2D eigenvalue weighted by Gasteiger charge is -2.26. The third kappa shape index (κ3) is 3.78. The molecule has 0 amide bonds.